The van der Waals surface area contributed by atoms with Crippen molar-refractivity contribution in [2.45, 2.75) is 83.5 Å². The largest absolute Gasteiger partial charge is 1.00 e. The first-order valence-corrected chi connectivity index (χ1v) is 12.2. The summed E-state index contributed by atoms with van der Waals surface area (Å²) in [6.07, 6.45) is 9.16. The number of unbranched alkanes of at least 4 members (excludes halogenated alkanes) is 7. The van der Waals surface area contributed by atoms with Crippen LogP contribution in [0.1, 0.15) is 98.8 Å². The quantitative estimate of drug-likeness (QED) is 0.168. The van der Waals surface area contributed by atoms with Crippen molar-refractivity contribution in [1.82, 2.24) is 0 Å². The Bertz CT molecular complexity index is 765. The zero-order valence-corrected chi connectivity index (χ0v) is 21.7. The summed E-state index contributed by atoms with van der Waals surface area (Å²) in [6, 6.07) is 5.84. The third kappa shape index (κ3) is 12.0. The van der Waals surface area contributed by atoms with Crippen LogP contribution in [0.5, 0.6) is 0 Å². The fourth-order valence-electron chi connectivity index (χ4n) is 3.00. The molecule has 0 heterocycles. The van der Waals surface area contributed by atoms with Gasteiger partial charge in [-0.2, -0.15) is 0 Å². The molecule has 1 aromatic rings. The minimum Gasteiger partial charge on any atom is -0.745 e. The molecule has 9 heteroatoms. The van der Waals surface area contributed by atoms with Crippen molar-refractivity contribution in [3.05, 3.63) is 35.4 Å². The minimum absolute atomic E-state index is 0. The molecule has 7 nitrogen and oxygen atoms in total. The Balaban J connectivity index is 0.00000900. The molecule has 1 aromatic carbocycles. The second kappa shape index (κ2) is 16.7. The Kier molecular flexibility index (Phi) is 16.2. The fourth-order valence-corrected chi connectivity index (χ4v) is 3.73. The summed E-state index contributed by atoms with van der Waals surface area (Å²) in [5, 5.41) is 0. The maximum absolute atomic E-state index is 12.4. The number of esters is 2. The summed E-state index contributed by atoms with van der Waals surface area (Å²) in [7, 11) is -4.80. The van der Waals surface area contributed by atoms with Crippen molar-refractivity contribution in [3.63, 3.8) is 0 Å². The van der Waals surface area contributed by atoms with E-state index in [9.17, 15) is 22.6 Å². The van der Waals surface area contributed by atoms with E-state index in [1.165, 1.54) is 50.3 Å². The van der Waals surface area contributed by atoms with Gasteiger partial charge in [0.05, 0.1) is 17.7 Å². The first-order valence-electron chi connectivity index (χ1n) is 10.7. The van der Waals surface area contributed by atoms with Crippen LogP contribution in [0, 0.1) is 0 Å². The van der Waals surface area contributed by atoms with Crippen LogP contribution in [0.25, 0.3) is 0 Å². The zero-order chi connectivity index (χ0) is 22.4. The summed E-state index contributed by atoms with van der Waals surface area (Å²) in [5.74, 6) is -1.71. The molecule has 0 fully saturated rings. The number of carbonyl (C=O) groups excluding carboxylic acids is 2. The number of ether oxygens (including phenoxy) is 2. The average Bonchev–Trinajstić information content (AvgIpc) is 2.71. The van der Waals surface area contributed by atoms with Crippen molar-refractivity contribution >= 4 is 22.1 Å². The molecule has 31 heavy (non-hydrogen) atoms. The molecule has 0 aromatic heterocycles. The third-order valence-electron chi connectivity index (χ3n) is 4.68. The van der Waals surface area contributed by atoms with Crippen molar-refractivity contribution in [1.29, 1.82) is 0 Å². The second-order valence-corrected chi connectivity index (χ2v) is 8.78. The first kappa shape index (κ1) is 30.1. The van der Waals surface area contributed by atoms with Crippen LogP contribution in [0.2, 0.25) is 0 Å². The summed E-state index contributed by atoms with van der Waals surface area (Å²) >= 11 is 0. The van der Waals surface area contributed by atoms with Gasteiger partial charge in [-0.05, 0) is 25.0 Å². The minimum atomic E-state index is -4.80. The van der Waals surface area contributed by atoms with Gasteiger partial charge in [-0.15, -0.1) is 0 Å². The van der Waals surface area contributed by atoms with E-state index in [0.29, 0.717) is 6.42 Å². The van der Waals surface area contributed by atoms with Crippen molar-refractivity contribution in [2.24, 2.45) is 0 Å². The van der Waals surface area contributed by atoms with Crippen molar-refractivity contribution in [2.75, 3.05) is 6.61 Å². The standard InChI is InChI=1S/C22H34O7S.Na/c1-3-5-6-7-8-9-10-13-17-28-21(23)18-15-11-12-16-19(18)22(24)29-20(14-4-2)30(25,26)27;/h11-12,15-16,20H,3-10,13-14,17H2,1-2H3,(H,25,26,27);/q;+1/p-1. The van der Waals surface area contributed by atoms with Gasteiger partial charge in [0.2, 0.25) is 0 Å². The van der Waals surface area contributed by atoms with Crippen LogP contribution in [-0.2, 0) is 19.6 Å². The number of rotatable bonds is 15. The van der Waals surface area contributed by atoms with Gasteiger partial charge in [-0.1, -0.05) is 77.3 Å². The molecule has 0 amide bonds. The fraction of sp³-hybridized carbons (Fsp3) is 0.636. The Morgan fingerprint density at radius 1 is 0.871 bits per heavy atom. The molecule has 0 bridgehead atoms. The summed E-state index contributed by atoms with van der Waals surface area (Å²) in [6.45, 7) is 4.09. The molecule has 1 atom stereocenters. The maximum atomic E-state index is 12.4. The van der Waals surface area contributed by atoms with E-state index in [0.717, 1.165) is 19.3 Å². The van der Waals surface area contributed by atoms with Gasteiger partial charge in [-0.25, -0.2) is 18.0 Å². The molecule has 0 saturated heterocycles. The summed E-state index contributed by atoms with van der Waals surface area (Å²) in [5.41, 5.74) is -1.92. The first-order chi connectivity index (χ1) is 14.3. The van der Waals surface area contributed by atoms with Gasteiger partial charge in [0.25, 0.3) is 0 Å². The third-order valence-corrected chi connectivity index (χ3v) is 5.66. The molecule has 0 spiro atoms. The summed E-state index contributed by atoms with van der Waals surface area (Å²) in [4.78, 5) is 24.8. The number of hydrogen-bond donors (Lipinski definition) is 0. The number of hydrogen-bond acceptors (Lipinski definition) is 7. The second-order valence-electron chi connectivity index (χ2n) is 7.27. The van der Waals surface area contributed by atoms with Crippen LogP contribution >= 0.6 is 0 Å². The predicted octanol–water partition coefficient (Wildman–Crippen LogP) is 1.82. The van der Waals surface area contributed by atoms with E-state index < -0.39 is 27.5 Å². The molecule has 0 radical (unpaired) electrons. The molecular formula is C22H33NaO7S. The van der Waals surface area contributed by atoms with E-state index in [1.807, 2.05) is 0 Å². The van der Waals surface area contributed by atoms with Gasteiger partial charge >= 0.3 is 41.5 Å². The Hall–Kier alpha value is -0.930. The van der Waals surface area contributed by atoms with E-state index in [-0.39, 0.29) is 53.7 Å². The molecule has 0 aliphatic rings. The molecule has 0 saturated carbocycles. The molecular weight excluding hydrogens is 431 g/mol. The normalized spacial score (nSPS) is 12.0. The van der Waals surface area contributed by atoms with E-state index in [2.05, 4.69) is 6.92 Å². The maximum Gasteiger partial charge on any atom is 1.00 e. The average molecular weight is 465 g/mol. The smallest absolute Gasteiger partial charge is 0.745 e. The Morgan fingerprint density at radius 2 is 1.39 bits per heavy atom. The van der Waals surface area contributed by atoms with E-state index in [1.54, 1.807) is 13.0 Å². The Labute approximate surface area is 208 Å². The molecule has 170 valence electrons. The Morgan fingerprint density at radius 3 is 1.90 bits per heavy atom. The van der Waals surface area contributed by atoms with Crippen molar-refractivity contribution in [3.8, 4) is 0 Å². The SMILES string of the molecule is CCCCCCCCCCOC(=O)c1ccccc1C(=O)OC(CCC)S(=O)(=O)[O-].[Na+]. The monoisotopic (exact) mass is 464 g/mol. The van der Waals surface area contributed by atoms with Crippen molar-refractivity contribution < 1.29 is 61.6 Å². The van der Waals surface area contributed by atoms with Gasteiger partial charge < -0.3 is 14.0 Å². The van der Waals surface area contributed by atoms with Gasteiger partial charge in [0.15, 0.2) is 5.44 Å². The van der Waals surface area contributed by atoms with E-state index in [4.69, 9.17) is 9.47 Å². The van der Waals surface area contributed by atoms with E-state index >= 15 is 0 Å². The molecule has 0 aliphatic carbocycles. The predicted molar refractivity (Wildman–Crippen MR) is 113 cm³/mol. The van der Waals surface area contributed by atoms with Gasteiger partial charge in [0.1, 0.15) is 10.1 Å². The number of carbonyl (C=O) groups is 2. The van der Waals surface area contributed by atoms with Gasteiger partial charge in [-0.3, -0.25) is 0 Å². The van der Waals surface area contributed by atoms with Crippen LogP contribution in [0.3, 0.4) is 0 Å². The topological polar surface area (TPSA) is 110 Å². The van der Waals surface area contributed by atoms with Crippen LogP contribution in [-0.4, -0.2) is 37.0 Å². The molecule has 1 rings (SSSR count). The molecule has 0 N–H and O–H groups in total. The van der Waals surface area contributed by atoms with Crippen LogP contribution in [0.15, 0.2) is 24.3 Å². The number of benzene rings is 1. The molecule has 0 aliphatic heterocycles. The van der Waals surface area contributed by atoms with Gasteiger partial charge in [0, 0.05) is 0 Å². The van der Waals surface area contributed by atoms with Crippen LogP contribution in [0.4, 0.5) is 0 Å². The molecule has 1 unspecified atom stereocenters. The zero-order valence-electron chi connectivity index (χ0n) is 18.9. The van der Waals surface area contributed by atoms with Crippen LogP contribution < -0.4 is 29.6 Å². The summed E-state index contributed by atoms with van der Waals surface area (Å²) < 4.78 is 44.0.